The quantitative estimate of drug-likeness (QED) is 0.0208. The first-order valence-corrected chi connectivity index (χ1v) is 27.5. The summed E-state index contributed by atoms with van der Waals surface area (Å²) in [6, 6.07) is -0.948. The fraction of sp³-hybridized carbons (Fsp3) is 0.804. The van der Waals surface area contributed by atoms with Crippen LogP contribution in [0.25, 0.3) is 0 Å². The lowest BCUT2D eigenvalue weighted by Crippen LogP contribution is -2.65. The molecule has 14 nitrogen and oxygen atoms in total. The van der Waals surface area contributed by atoms with Crippen LogP contribution in [0.15, 0.2) is 60.8 Å². The van der Waals surface area contributed by atoms with E-state index >= 15 is 0 Å². The van der Waals surface area contributed by atoms with Gasteiger partial charge in [0.1, 0.15) is 48.8 Å². The van der Waals surface area contributed by atoms with Crippen molar-refractivity contribution >= 4 is 5.91 Å². The molecule has 2 saturated heterocycles. The largest absolute Gasteiger partial charge is 0.394 e. The first-order chi connectivity index (χ1) is 34.1. The minimum atomic E-state index is -1.80. The van der Waals surface area contributed by atoms with Gasteiger partial charge in [-0.2, -0.15) is 0 Å². The van der Waals surface area contributed by atoms with E-state index in [1.54, 1.807) is 6.08 Å². The monoisotopic (exact) mass is 994 g/mol. The number of hydrogen-bond donors (Lipinski definition) is 9. The zero-order chi connectivity index (χ0) is 51.0. The van der Waals surface area contributed by atoms with Crippen molar-refractivity contribution in [1.82, 2.24) is 5.32 Å². The van der Waals surface area contributed by atoms with E-state index in [2.05, 4.69) is 67.8 Å². The first kappa shape index (κ1) is 63.8. The van der Waals surface area contributed by atoms with Crippen molar-refractivity contribution in [2.75, 3.05) is 19.8 Å². The molecule has 1 amide bonds. The highest BCUT2D eigenvalue weighted by Crippen LogP contribution is 2.30. The molecule has 0 spiro atoms. The average Bonchev–Trinajstić information content (AvgIpc) is 3.36. The Bertz CT molecular complexity index is 1410. The zero-order valence-corrected chi connectivity index (χ0v) is 43.2. The number of aliphatic hydroxyl groups excluding tert-OH is 8. The summed E-state index contributed by atoms with van der Waals surface area (Å²) in [6.45, 7) is 2.63. The molecule has 2 fully saturated rings. The average molecular weight is 994 g/mol. The Morgan fingerprint density at radius 3 is 1.57 bits per heavy atom. The lowest BCUT2D eigenvalue weighted by Gasteiger charge is -2.46. The molecule has 2 aliphatic rings. The molecule has 0 bridgehead atoms. The van der Waals surface area contributed by atoms with Gasteiger partial charge in [-0.15, -0.1) is 0 Å². The third-order valence-corrected chi connectivity index (χ3v) is 13.2. The summed E-state index contributed by atoms with van der Waals surface area (Å²) in [7, 11) is 0. The van der Waals surface area contributed by atoms with Crippen LogP contribution in [0.3, 0.4) is 0 Å². The van der Waals surface area contributed by atoms with Crippen LogP contribution < -0.4 is 5.32 Å². The minimum Gasteiger partial charge on any atom is -0.394 e. The third-order valence-electron chi connectivity index (χ3n) is 13.2. The number of ether oxygens (including phenoxy) is 4. The van der Waals surface area contributed by atoms with Gasteiger partial charge in [-0.25, -0.2) is 0 Å². The SMILES string of the molecule is CC/C=C\C/C=C\C/C=C\CCCCCC(=O)NC(COC1OC(CO)C(OC2OC(CO)C(O)C(O)C2O)C(O)C1O)C(O)/C=C/CC/C=C/CCCCCCCCCCCCCCCCCCC. The van der Waals surface area contributed by atoms with E-state index in [-0.39, 0.29) is 18.9 Å². The Kier molecular flexibility index (Phi) is 38.4. The van der Waals surface area contributed by atoms with Gasteiger partial charge in [0.25, 0.3) is 0 Å². The predicted molar refractivity (Wildman–Crippen MR) is 277 cm³/mol. The molecule has 70 heavy (non-hydrogen) atoms. The van der Waals surface area contributed by atoms with Crippen LogP contribution in [-0.2, 0) is 23.7 Å². The van der Waals surface area contributed by atoms with Gasteiger partial charge < -0.3 is 65.1 Å². The highest BCUT2D eigenvalue weighted by molar-refractivity contribution is 5.76. The summed E-state index contributed by atoms with van der Waals surface area (Å²) in [6.07, 6.45) is 35.6. The van der Waals surface area contributed by atoms with Crippen LogP contribution in [0.5, 0.6) is 0 Å². The lowest BCUT2D eigenvalue weighted by molar-refractivity contribution is -0.359. The van der Waals surface area contributed by atoms with E-state index in [4.69, 9.17) is 18.9 Å². The second kappa shape index (κ2) is 42.1. The molecule has 406 valence electrons. The molecule has 2 aliphatic heterocycles. The molecule has 0 radical (unpaired) electrons. The summed E-state index contributed by atoms with van der Waals surface area (Å²) in [5.41, 5.74) is 0. The van der Waals surface area contributed by atoms with Crippen LogP contribution >= 0.6 is 0 Å². The standard InChI is InChI=1S/C56H99NO13/c1-3-5-7-9-11-13-15-17-18-19-20-21-22-23-24-25-26-28-29-31-33-35-37-39-45(60)44(57-48(61)40-38-36-34-32-30-27-16-14-12-10-8-6-4-2)43-67-55-53(66)51(64)54(47(42-59)69-55)70-56-52(65)50(63)49(62)46(41-58)68-56/h6,8,12,14,27,29-31,37,39,44-47,49-56,58-60,62-66H,3-5,7,9-11,13,15-26,28,32-36,38,40-43H2,1-2H3,(H,57,61)/b8-6-,14-12-,30-27-,31-29+,39-37+. The smallest absolute Gasteiger partial charge is 0.220 e. The van der Waals surface area contributed by atoms with E-state index in [1.165, 1.54) is 109 Å². The predicted octanol–water partition coefficient (Wildman–Crippen LogP) is 8.22. The summed E-state index contributed by atoms with van der Waals surface area (Å²) >= 11 is 0. The molecular weight excluding hydrogens is 895 g/mol. The molecule has 12 unspecified atom stereocenters. The molecule has 12 atom stereocenters. The Balaban J connectivity index is 1.81. The molecule has 0 aromatic rings. The van der Waals surface area contributed by atoms with Gasteiger partial charge in [0.15, 0.2) is 12.6 Å². The van der Waals surface area contributed by atoms with Crippen molar-refractivity contribution in [3.8, 4) is 0 Å². The Morgan fingerprint density at radius 2 is 1.00 bits per heavy atom. The summed E-state index contributed by atoms with van der Waals surface area (Å²) in [5, 5.41) is 86.8. The van der Waals surface area contributed by atoms with E-state index in [0.29, 0.717) is 12.8 Å². The number of carbonyl (C=O) groups excluding carboxylic acids is 1. The number of allylic oxidation sites excluding steroid dienone is 9. The van der Waals surface area contributed by atoms with Gasteiger partial charge in [0, 0.05) is 6.42 Å². The van der Waals surface area contributed by atoms with Crippen molar-refractivity contribution < 1.29 is 64.6 Å². The maximum atomic E-state index is 13.2. The van der Waals surface area contributed by atoms with Crippen LogP contribution in [0.4, 0.5) is 0 Å². The van der Waals surface area contributed by atoms with Crippen molar-refractivity contribution in [3.63, 3.8) is 0 Å². The van der Waals surface area contributed by atoms with Crippen molar-refractivity contribution in [1.29, 1.82) is 0 Å². The highest BCUT2D eigenvalue weighted by atomic mass is 16.7. The Hall–Kier alpha value is -2.31. The number of carbonyl (C=O) groups is 1. The molecule has 0 saturated carbocycles. The number of amides is 1. The van der Waals surface area contributed by atoms with Gasteiger partial charge in [-0.05, 0) is 64.2 Å². The number of rotatable bonds is 42. The van der Waals surface area contributed by atoms with Gasteiger partial charge >= 0.3 is 0 Å². The van der Waals surface area contributed by atoms with Crippen molar-refractivity contribution in [2.45, 2.75) is 267 Å². The fourth-order valence-corrected chi connectivity index (χ4v) is 8.73. The second-order valence-electron chi connectivity index (χ2n) is 19.3. The van der Waals surface area contributed by atoms with Crippen LogP contribution in [0.1, 0.15) is 194 Å². The maximum Gasteiger partial charge on any atom is 0.220 e. The first-order valence-electron chi connectivity index (χ1n) is 27.5. The van der Waals surface area contributed by atoms with Gasteiger partial charge in [-0.1, -0.05) is 184 Å². The van der Waals surface area contributed by atoms with E-state index in [1.807, 2.05) is 6.08 Å². The third kappa shape index (κ3) is 28.2. The fourth-order valence-electron chi connectivity index (χ4n) is 8.73. The van der Waals surface area contributed by atoms with E-state index in [0.717, 1.165) is 51.4 Å². The molecule has 0 aromatic carbocycles. The normalized spacial score (nSPS) is 26.4. The van der Waals surface area contributed by atoms with Gasteiger partial charge in [0.2, 0.25) is 5.91 Å². The van der Waals surface area contributed by atoms with Crippen molar-refractivity contribution in [3.05, 3.63) is 60.8 Å². The minimum absolute atomic E-state index is 0.236. The lowest BCUT2D eigenvalue weighted by atomic mass is 9.97. The van der Waals surface area contributed by atoms with Crippen LogP contribution in [0, 0.1) is 0 Å². The van der Waals surface area contributed by atoms with Crippen LogP contribution in [-0.4, -0.2) is 140 Å². The second-order valence-corrected chi connectivity index (χ2v) is 19.3. The Morgan fingerprint density at radius 1 is 0.529 bits per heavy atom. The molecule has 2 heterocycles. The summed E-state index contributed by atoms with van der Waals surface area (Å²) < 4.78 is 22.7. The molecule has 9 N–H and O–H groups in total. The summed E-state index contributed by atoms with van der Waals surface area (Å²) in [5.74, 6) is -0.280. The molecule has 0 aromatic heterocycles. The van der Waals surface area contributed by atoms with Gasteiger partial charge in [-0.3, -0.25) is 4.79 Å². The zero-order valence-electron chi connectivity index (χ0n) is 43.2. The van der Waals surface area contributed by atoms with Gasteiger partial charge in [0.05, 0.1) is 32.0 Å². The molecule has 2 rings (SSSR count). The Labute approximate surface area is 422 Å². The molecule has 14 heteroatoms. The number of hydrogen-bond acceptors (Lipinski definition) is 13. The van der Waals surface area contributed by atoms with E-state index in [9.17, 15) is 45.6 Å². The molecular formula is C56H99NO13. The number of aliphatic hydroxyl groups is 8. The molecule has 0 aliphatic carbocycles. The number of nitrogens with one attached hydrogen (secondary N) is 1. The number of unbranched alkanes of at least 4 members (excludes halogenated alkanes) is 21. The highest BCUT2D eigenvalue weighted by Gasteiger charge is 2.51. The van der Waals surface area contributed by atoms with Crippen molar-refractivity contribution in [2.24, 2.45) is 0 Å². The topological polar surface area (TPSA) is 228 Å². The summed E-state index contributed by atoms with van der Waals surface area (Å²) in [4.78, 5) is 13.2. The maximum absolute atomic E-state index is 13.2. The van der Waals surface area contributed by atoms with Crippen LogP contribution in [0.2, 0.25) is 0 Å². The van der Waals surface area contributed by atoms with E-state index < -0.39 is 86.8 Å².